The first-order chi connectivity index (χ1) is 19.3. The molecule has 1 saturated carbocycles. The van der Waals surface area contributed by atoms with E-state index in [-0.39, 0.29) is 18.1 Å². The van der Waals surface area contributed by atoms with Gasteiger partial charge in [-0.25, -0.2) is 4.98 Å². The van der Waals surface area contributed by atoms with Gasteiger partial charge >= 0.3 is 0 Å². The Morgan fingerprint density at radius 1 is 1.00 bits per heavy atom. The molecule has 0 amide bonds. The van der Waals surface area contributed by atoms with Crippen molar-refractivity contribution in [2.45, 2.75) is 51.6 Å². The number of hydrogen-bond donors (Lipinski definition) is 0. The van der Waals surface area contributed by atoms with Gasteiger partial charge in [-0.15, -0.1) is 0 Å². The lowest BCUT2D eigenvalue weighted by molar-refractivity contribution is 0.269. The summed E-state index contributed by atoms with van der Waals surface area (Å²) in [5.41, 5.74) is 2.11. The molecule has 0 radical (unpaired) electrons. The molecule has 40 heavy (non-hydrogen) atoms. The molecule has 0 saturated heterocycles. The van der Waals surface area contributed by atoms with Gasteiger partial charge in [0.1, 0.15) is 12.4 Å². The number of fused-ring (bicyclic) bond motifs is 1. The highest BCUT2D eigenvalue weighted by atomic mass is 79.9. The molecular weight excluding hydrogens is 681 g/mol. The number of hydrogen-bond acceptors (Lipinski definition) is 5. The minimum Gasteiger partial charge on any atom is -0.490 e. The van der Waals surface area contributed by atoms with Crippen molar-refractivity contribution in [2.24, 2.45) is 5.10 Å². The lowest BCUT2D eigenvalue weighted by atomic mass is 9.88. The van der Waals surface area contributed by atoms with Gasteiger partial charge in [-0.3, -0.25) is 4.79 Å². The zero-order valence-corrected chi connectivity index (χ0v) is 26.5. The standard InChI is InChI=1S/C30H27Br2Cl2N3O3/c1-2-39-27-13-20(23(32)15-28(27)40-17-18-8-10-24(33)25(34)12-18)16-35-37-29(19-6-4-3-5-7-19)36-26-11-9-21(31)14-22(26)30(37)38/h8-16,19H,2-7,17H2,1H3. The lowest BCUT2D eigenvalue weighted by Crippen LogP contribution is -2.25. The second kappa shape index (κ2) is 13.1. The fraction of sp³-hybridized carbons (Fsp3) is 0.300. The van der Waals surface area contributed by atoms with Gasteiger partial charge in [-0.05, 0) is 83.7 Å². The maximum Gasteiger partial charge on any atom is 0.282 e. The first-order valence-electron chi connectivity index (χ1n) is 13.1. The average molecular weight is 708 g/mol. The molecule has 1 aliphatic rings. The predicted octanol–water partition coefficient (Wildman–Crippen LogP) is 9.14. The van der Waals surface area contributed by atoms with E-state index < -0.39 is 0 Å². The second-order valence-electron chi connectivity index (χ2n) is 9.62. The van der Waals surface area contributed by atoms with Crippen molar-refractivity contribution in [2.75, 3.05) is 6.61 Å². The van der Waals surface area contributed by atoms with Gasteiger partial charge in [-0.2, -0.15) is 9.78 Å². The Kier molecular flexibility index (Phi) is 9.51. The smallest absolute Gasteiger partial charge is 0.282 e. The third kappa shape index (κ3) is 6.56. The van der Waals surface area contributed by atoms with Crippen molar-refractivity contribution >= 4 is 72.2 Å². The largest absolute Gasteiger partial charge is 0.490 e. The third-order valence-corrected chi connectivity index (χ3v) is 8.78. The minimum absolute atomic E-state index is 0.186. The summed E-state index contributed by atoms with van der Waals surface area (Å²) >= 11 is 19.3. The Labute approximate surface area is 259 Å². The summed E-state index contributed by atoms with van der Waals surface area (Å²) in [6.45, 7) is 2.65. The number of aromatic nitrogens is 2. The zero-order valence-electron chi connectivity index (χ0n) is 21.8. The van der Waals surface area contributed by atoms with Crippen LogP contribution < -0.4 is 15.0 Å². The first kappa shape index (κ1) is 29.1. The Balaban J connectivity index is 1.50. The van der Waals surface area contributed by atoms with Crippen molar-refractivity contribution in [3.05, 3.63) is 94.8 Å². The molecule has 10 heteroatoms. The van der Waals surface area contributed by atoms with Crippen LogP contribution in [0.1, 0.15) is 61.9 Å². The Hall–Kier alpha value is -2.39. The molecule has 0 atom stereocenters. The minimum atomic E-state index is -0.189. The topological polar surface area (TPSA) is 65.7 Å². The van der Waals surface area contributed by atoms with Crippen molar-refractivity contribution in [3.8, 4) is 11.5 Å². The molecule has 0 bridgehead atoms. The highest BCUT2D eigenvalue weighted by molar-refractivity contribution is 9.10. The summed E-state index contributed by atoms with van der Waals surface area (Å²) in [6.07, 6.45) is 7.09. The van der Waals surface area contributed by atoms with Gasteiger partial charge in [0.15, 0.2) is 11.5 Å². The molecule has 1 aliphatic carbocycles. The zero-order chi connectivity index (χ0) is 28.2. The molecule has 3 aromatic carbocycles. The summed E-state index contributed by atoms with van der Waals surface area (Å²) in [4.78, 5) is 18.6. The summed E-state index contributed by atoms with van der Waals surface area (Å²) in [5.74, 6) is 2.02. The Morgan fingerprint density at radius 2 is 1.77 bits per heavy atom. The van der Waals surface area contributed by atoms with Crippen LogP contribution in [0.5, 0.6) is 11.5 Å². The van der Waals surface area contributed by atoms with Gasteiger partial charge in [0, 0.05) is 20.4 Å². The average Bonchev–Trinajstić information content (AvgIpc) is 2.95. The van der Waals surface area contributed by atoms with E-state index in [9.17, 15) is 4.79 Å². The van der Waals surface area contributed by atoms with Crippen LogP contribution in [0.25, 0.3) is 10.9 Å². The maximum absolute atomic E-state index is 13.7. The Bertz CT molecular complexity index is 1640. The molecule has 0 unspecified atom stereocenters. The molecule has 1 aromatic heterocycles. The van der Waals surface area contributed by atoms with Crippen molar-refractivity contribution in [1.82, 2.24) is 9.66 Å². The molecule has 0 aliphatic heterocycles. The molecular formula is C30H27Br2Cl2N3O3. The van der Waals surface area contributed by atoms with Crippen molar-refractivity contribution < 1.29 is 9.47 Å². The van der Waals surface area contributed by atoms with Crippen LogP contribution in [0.3, 0.4) is 0 Å². The summed E-state index contributed by atoms with van der Waals surface area (Å²) < 4.78 is 15.0. The summed E-state index contributed by atoms with van der Waals surface area (Å²) in [6, 6.07) is 14.6. The second-order valence-corrected chi connectivity index (χ2v) is 12.2. The molecule has 208 valence electrons. The van der Waals surface area contributed by atoms with Crippen LogP contribution in [-0.2, 0) is 6.61 Å². The van der Waals surface area contributed by atoms with E-state index in [1.54, 1.807) is 24.4 Å². The van der Waals surface area contributed by atoms with Crippen LogP contribution in [0.4, 0.5) is 0 Å². The molecule has 1 heterocycles. The van der Waals surface area contributed by atoms with E-state index in [0.29, 0.717) is 44.9 Å². The third-order valence-electron chi connectivity index (χ3n) is 6.86. The predicted molar refractivity (Wildman–Crippen MR) is 169 cm³/mol. The SMILES string of the molecule is CCOc1cc(C=Nn2c(C3CCCCC3)nc3ccc(Br)cc3c2=O)c(Br)cc1OCc1ccc(Cl)c(Cl)c1. The number of ether oxygens (including phenoxy) is 2. The van der Waals surface area contributed by atoms with Gasteiger partial charge in [-0.1, -0.05) is 64.5 Å². The molecule has 0 N–H and O–H groups in total. The maximum atomic E-state index is 13.7. The van der Waals surface area contributed by atoms with Gasteiger partial charge < -0.3 is 9.47 Å². The molecule has 6 nitrogen and oxygen atoms in total. The van der Waals surface area contributed by atoms with Crippen LogP contribution in [0, 0.1) is 0 Å². The van der Waals surface area contributed by atoms with E-state index in [1.807, 2.05) is 37.3 Å². The molecule has 1 fully saturated rings. The van der Waals surface area contributed by atoms with E-state index in [2.05, 4.69) is 37.0 Å². The number of benzene rings is 3. The Morgan fingerprint density at radius 3 is 2.52 bits per heavy atom. The van der Waals surface area contributed by atoms with Gasteiger partial charge in [0.05, 0.1) is 33.8 Å². The number of nitrogens with zero attached hydrogens (tertiary/aromatic N) is 3. The van der Waals surface area contributed by atoms with Gasteiger partial charge in [0.2, 0.25) is 0 Å². The van der Waals surface area contributed by atoms with Gasteiger partial charge in [0.25, 0.3) is 5.56 Å². The highest BCUT2D eigenvalue weighted by Crippen LogP contribution is 2.35. The summed E-state index contributed by atoms with van der Waals surface area (Å²) in [5, 5.41) is 6.17. The number of halogens is 4. The molecule has 4 aromatic rings. The van der Waals surface area contributed by atoms with Crippen LogP contribution in [-0.4, -0.2) is 22.5 Å². The quantitative estimate of drug-likeness (QED) is 0.171. The lowest BCUT2D eigenvalue weighted by Gasteiger charge is -2.22. The van der Waals surface area contributed by atoms with E-state index >= 15 is 0 Å². The fourth-order valence-electron chi connectivity index (χ4n) is 4.84. The first-order valence-corrected chi connectivity index (χ1v) is 15.5. The normalized spacial score (nSPS) is 14.2. The molecule has 5 rings (SSSR count). The monoisotopic (exact) mass is 705 g/mol. The van der Waals surface area contributed by atoms with Crippen LogP contribution >= 0.6 is 55.1 Å². The highest BCUT2D eigenvalue weighted by Gasteiger charge is 2.22. The number of rotatable bonds is 8. The van der Waals surface area contributed by atoms with E-state index in [1.165, 1.54) is 11.1 Å². The van der Waals surface area contributed by atoms with Crippen LogP contribution in [0.2, 0.25) is 10.0 Å². The van der Waals surface area contributed by atoms with E-state index in [4.69, 9.17) is 37.7 Å². The van der Waals surface area contributed by atoms with Crippen molar-refractivity contribution in [3.63, 3.8) is 0 Å². The van der Waals surface area contributed by atoms with Crippen LogP contribution in [0.15, 0.2) is 67.4 Å². The van der Waals surface area contributed by atoms with Crippen molar-refractivity contribution in [1.29, 1.82) is 0 Å². The van der Waals surface area contributed by atoms with E-state index in [0.717, 1.165) is 45.8 Å². The fourth-order valence-corrected chi connectivity index (χ4v) is 5.95. The molecule has 0 spiro atoms. The summed E-state index contributed by atoms with van der Waals surface area (Å²) in [7, 11) is 0.